The number of benzene rings is 5. The van der Waals surface area contributed by atoms with Crippen molar-refractivity contribution in [3.63, 3.8) is 0 Å². The summed E-state index contributed by atoms with van der Waals surface area (Å²) in [5.74, 6) is -1.44. The first-order chi connectivity index (χ1) is 65.3. The van der Waals surface area contributed by atoms with Crippen LogP contribution >= 0.6 is 46.4 Å². The summed E-state index contributed by atoms with van der Waals surface area (Å²) in [5, 5.41) is 40.7. The molecule has 18 N–H and O–H groups in total. The topological polar surface area (TPSA) is 577 Å². The number of nitrogen functional groups attached to an aromatic ring is 1. The maximum atomic E-state index is 12.0. The molecule has 5 aromatic carbocycles. The number of carboxylic acids is 1. The number of aromatic carboxylic acids is 1. The van der Waals surface area contributed by atoms with E-state index in [1.807, 2.05) is 221 Å². The largest absolute Gasteiger partial charge is 1.00 e. The number of aromatic nitrogens is 15. The Morgan fingerprint density at radius 3 is 1.19 bits per heavy atom. The van der Waals surface area contributed by atoms with Gasteiger partial charge in [-0.05, 0) is 193 Å². The number of anilines is 10. The number of ether oxygens (including phenoxy) is 3. The molecule has 3 amide bonds. The van der Waals surface area contributed by atoms with Crippen molar-refractivity contribution in [3.05, 3.63) is 238 Å². The van der Waals surface area contributed by atoms with Crippen LogP contribution < -0.4 is 79.4 Å². The normalized spacial score (nSPS) is 13.8. The van der Waals surface area contributed by atoms with Crippen molar-refractivity contribution in [2.24, 2.45) is 58.2 Å². The molecule has 139 heavy (non-hydrogen) atoms. The number of primary amides is 2. The van der Waals surface area contributed by atoms with Gasteiger partial charge < -0.3 is 108 Å². The molecule has 2 aliphatic carbocycles. The number of halogens is 4. The quantitative estimate of drug-likeness (QED) is 0.00722. The number of nitrogens with one attached hydrogen (secondary N) is 6. The average Bonchev–Trinajstić information content (AvgIpc) is 1.84. The molecule has 44 heteroatoms. The molecule has 17 rings (SSSR count). The van der Waals surface area contributed by atoms with Gasteiger partial charge in [-0.15, -0.1) is 0 Å². The van der Waals surface area contributed by atoms with E-state index in [9.17, 15) is 38.7 Å². The number of rotatable bonds is 18. The summed E-state index contributed by atoms with van der Waals surface area (Å²) in [6.45, 7) is 12.5. The number of Topliss-reactive ketones (excluding diaryl/α,β-unsaturated/α-hetero) is 1. The predicted octanol–water partition coefficient (Wildman–Crippen LogP) is 13.6. The Kier molecular flexibility index (Phi) is 40.7. The van der Waals surface area contributed by atoms with Crippen LogP contribution in [-0.4, -0.2) is 168 Å². The van der Waals surface area contributed by atoms with Crippen LogP contribution in [0.1, 0.15) is 151 Å². The van der Waals surface area contributed by atoms with Crippen molar-refractivity contribution >= 4 is 200 Å². The summed E-state index contributed by atoms with van der Waals surface area (Å²) >= 11 is 22.7. The number of aryl methyl sites for hydroxylation is 6. The van der Waals surface area contributed by atoms with Gasteiger partial charge in [0.15, 0.2) is 0 Å². The zero-order valence-corrected chi connectivity index (χ0v) is 81.8. The molecule has 0 radical (unpaired) electrons. The molecular weight excluding hydrogens is 1860 g/mol. The Morgan fingerprint density at radius 2 is 0.813 bits per heavy atom. The average molecular weight is 1970 g/mol. The third kappa shape index (κ3) is 30.5. The molecule has 724 valence electrons. The number of fused-ring (bicyclic) bond motifs is 5. The van der Waals surface area contributed by atoms with Crippen LogP contribution in [0.15, 0.2) is 183 Å². The molecule has 0 unspecified atom stereocenters. The van der Waals surface area contributed by atoms with Crippen molar-refractivity contribution in [2.75, 3.05) is 45.5 Å². The second-order valence-electron chi connectivity index (χ2n) is 32.2. The Bertz CT molecular complexity index is 6740. The SMILES string of the molecule is CC(=O)C#N.CC(C)(C)OC(=O)N[C@H]1CCCC[C@H]1N.CCOC(=O)c1cnc(Cl)nc1Cl.CCOC(=O)c1cnc(Cl)nc1Nc1cccc2c1ccn2C.Cc1ncc(C(N)=O)c(Nc2cccc3c2ccn3C)n1.Cn1ccc2c(N)cccc21.Cn1ccc2c(Nc3nc(Cl)ncc3C(=O)O)cccc21.Cn1ccc2c(Nc3nc(N[C@@H]4CCCC[C@@H]4N)ncc3C(N)=O)cccc21.[Li+].[OH-]. The fraction of sp³-hybridized carbons (Fsp3) is 0.284. The Morgan fingerprint density at radius 1 is 0.475 bits per heavy atom. The number of nitrogens with two attached hydrogens (primary N) is 5. The van der Waals surface area contributed by atoms with E-state index < -0.39 is 41.1 Å². The van der Waals surface area contributed by atoms with Crippen LogP contribution in [0.2, 0.25) is 21.0 Å². The van der Waals surface area contributed by atoms with Crippen molar-refractivity contribution in [3.8, 4) is 6.07 Å². The summed E-state index contributed by atoms with van der Waals surface area (Å²) in [4.78, 5) is 119. The van der Waals surface area contributed by atoms with Crippen molar-refractivity contribution < 1.29 is 77.2 Å². The molecule has 39 nitrogen and oxygen atoms in total. The second-order valence-corrected chi connectivity index (χ2v) is 33.6. The van der Waals surface area contributed by atoms with Gasteiger partial charge in [0.05, 0.1) is 13.2 Å². The minimum absolute atomic E-state index is 0. The number of nitrogens with zero attached hydrogens (tertiary/aromatic N) is 16. The number of carbonyl (C=O) groups excluding carboxylic acids is 6. The summed E-state index contributed by atoms with van der Waals surface area (Å²) in [5.41, 5.74) is 38.8. The van der Waals surface area contributed by atoms with Crippen molar-refractivity contribution in [1.82, 2.24) is 78.0 Å². The maximum Gasteiger partial charge on any atom is 1.00 e. The van der Waals surface area contributed by atoms with Gasteiger partial charge in [0.2, 0.25) is 27.6 Å². The second kappa shape index (κ2) is 51.5. The number of alkyl carbamates (subject to hydrolysis) is 1. The number of esters is 2. The molecule has 10 aromatic heterocycles. The summed E-state index contributed by atoms with van der Waals surface area (Å²) in [6, 6.07) is 41.1. The van der Waals surface area contributed by atoms with Gasteiger partial charge in [0, 0.05) is 211 Å². The first-order valence-electron chi connectivity index (χ1n) is 43.2. The molecule has 15 aromatic rings. The van der Waals surface area contributed by atoms with E-state index in [2.05, 4.69) is 92.4 Å². The predicted molar refractivity (Wildman–Crippen MR) is 535 cm³/mol. The van der Waals surface area contributed by atoms with E-state index in [1.54, 1.807) is 20.8 Å². The van der Waals surface area contributed by atoms with Crippen molar-refractivity contribution in [2.45, 2.75) is 130 Å². The molecule has 10 heterocycles. The zero-order valence-electron chi connectivity index (χ0n) is 78.7. The van der Waals surface area contributed by atoms with E-state index in [1.165, 1.54) is 49.5 Å². The first kappa shape index (κ1) is 110. The molecule has 2 saturated carbocycles. The number of carbonyl (C=O) groups is 7. The fourth-order valence-electron chi connectivity index (χ4n) is 14.4. The molecule has 0 spiro atoms. The monoisotopic (exact) mass is 1970 g/mol. The third-order valence-electron chi connectivity index (χ3n) is 21.2. The smallest absolute Gasteiger partial charge is 0.870 e. The summed E-state index contributed by atoms with van der Waals surface area (Å²) < 4.78 is 25.0. The molecule has 2 aliphatic rings. The standard InChI is InChI=1S/C20H25N7O.C16H15ClN4O2.C15H15N5O.C14H11ClN4O2.C11H22N2O2.C9H10N2.C7H6Cl2N2O2.C3H3NO.Li.H2O/c1-27-10-9-12-15(7-4-8-17(12)27)24-19-13(18(22)28)11-23-20(26-19)25-16-6-3-2-5-14(16)21;1-3-23-15(22)11-9-18-16(17)20-14(11)19-12-5-4-6-13-10(12)7-8-21(13)2;1-9-17-8-11(14(16)21)15(18-9)19-12-4-3-5-13-10(12)6-7-20(13)2;1-19-6-5-8-10(3-2-4-11(8)19)17-12-9(13(20)21)7-16-14(15)18-12;1-11(2,3)15-10(14)13-9-7-5-4-6-8(9)12;1-11-6-5-7-8(10)3-2-4-9(7)11;1-2-13-6(12)4-3-10-7(9)11-5(4)8;1-3(5)2-4;;/h4,7-11,14,16H,2-3,5-6,21H2,1H3,(H2,22,28)(H2,23,24,25,26);4-9H,3H2,1-2H3,(H,18,19,20);3-8H,1-2H3,(H2,16,21)(H,17,18,19);2-7H,1H3,(H,20,21)(H,16,17,18);8-9H,4-7,12H2,1-3H3,(H,13,14);2-6H,10H2,1H3;3H,2H2,1H3;1H3;;1H2/q;;;;;;;;+1;/p-1/t14-,16+;;;;8-,9+;;;;;/m0...1...../s1. The number of amides is 3. The van der Waals surface area contributed by atoms with Gasteiger partial charge in [0.1, 0.15) is 73.7 Å². The van der Waals surface area contributed by atoms with Crippen molar-refractivity contribution in [1.29, 1.82) is 5.26 Å². The Balaban J connectivity index is 0.000000200. The van der Waals surface area contributed by atoms with E-state index in [0.717, 1.165) is 129 Å². The van der Waals surface area contributed by atoms with Crippen LogP contribution in [0.3, 0.4) is 0 Å². The zero-order chi connectivity index (χ0) is 99.5. The van der Waals surface area contributed by atoms with Gasteiger partial charge in [0.25, 0.3) is 11.8 Å². The van der Waals surface area contributed by atoms with E-state index in [0.29, 0.717) is 29.2 Å². The van der Waals surface area contributed by atoms with Gasteiger partial charge >= 0.3 is 42.9 Å². The van der Waals surface area contributed by atoms with Crippen LogP contribution in [0.4, 0.5) is 62.5 Å². The molecule has 2 fully saturated rings. The first-order valence-corrected chi connectivity index (χ1v) is 44.7. The molecular formula is C95H108Cl4LiN27O12. The molecule has 0 aliphatic heterocycles. The van der Waals surface area contributed by atoms with Crippen LogP contribution in [0, 0.1) is 18.3 Å². The Labute approximate surface area is 832 Å². The van der Waals surface area contributed by atoms with E-state index in [-0.39, 0.29) is 122 Å². The number of carboxylic acid groups (broad SMARTS) is 1. The van der Waals surface area contributed by atoms with Crippen LogP contribution in [-0.2, 0) is 54.2 Å². The van der Waals surface area contributed by atoms with Gasteiger partial charge in [-0.2, -0.15) is 20.2 Å². The van der Waals surface area contributed by atoms with Gasteiger partial charge in [-0.25, -0.2) is 54.1 Å². The van der Waals surface area contributed by atoms with Crippen LogP contribution in [0.5, 0.6) is 0 Å². The molecule has 4 atom stereocenters. The van der Waals surface area contributed by atoms with E-state index in [4.69, 9.17) is 94.5 Å². The minimum atomic E-state index is -1.12. The Hall–Kier alpha value is -14.6. The number of hydrogen-bond donors (Lipinski definition) is 12. The number of nitriles is 1. The molecule has 0 saturated heterocycles. The van der Waals surface area contributed by atoms with Gasteiger partial charge in [-0.1, -0.05) is 67.6 Å². The third-order valence-corrected chi connectivity index (χ3v) is 22.0. The summed E-state index contributed by atoms with van der Waals surface area (Å²) in [7, 11) is 9.90. The number of ketones is 1. The fourth-order valence-corrected chi connectivity index (χ4v) is 15.0. The maximum absolute atomic E-state index is 12.0. The minimum Gasteiger partial charge on any atom is -0.870 e. The number of hydrogen-bond acceptors (Lipinski definition) is 30. The molecule has 0 bridgehead atoms. The summed E-state index contributed by atoms with van der Waals surface area (Å²) in [6.07, 6.45) is 24.7. The van der Waals surface area contributed by atoms with E-state index >= 15 is 0 Å². The van der Waals surface area contributed by atoms with Crippen LogP contribution in [0.25, 0.3) is 54.5 Å². The van der Waals surface area contributed by atoms with Gasteiger partial charge in [-0.3, -0.25) is 14.4 Å².